The van der Waals surface area contributed by atoms with Crippen LogP contribution in [-0.4, -0.2) is 28.7 Å². The lowest BCUT2D eigenvalue weighted by atomic mass is 10.2. The third kappa shape index (κ3) is 4.12. The number of nitrogens with zero attached hydrogens (tertiary/aromatic N) is 2. The second kappa shape index (κ2) is 7.33. The molecule has 0 aliphatic rings. The second-order valence-electron chi connectivity index (χ2n) is 4.25. The molecule has 2 rings (SSSR count). The zero-order valence-corrected chi connectivity index (χ0v) is 11.5. The number of aromatic nitrogens is 2. The Bertz CT molecular complexity index is 538. The molecule has 5 heteroatoms. The Morgan fingerprint density at radius 3 is 3.05 bits per heavy atom. The van der Waals surface area contributed by atoms with Gasteiger partial charge in [0, 0.05) is 18.9 Å². The van der Waals surface area contributed by atoms with E-state index in [0.29, 0.717) is 24.5 Å². The Kier molecular flexibility index (Phi) is 5.17. The molecule has 0 N–H and O–H groups in total. The predicted octanol–water partition coefficient (Wildman–Crippen LogP) is 2.53. The average molecular weight is 274 g/mol. The van der Waals surface area contributed by atoms with Crippen LogP contribution in [-0.2, 0) is 11.3 Å². The van der Waals surface area contributed by atoms with Crippen molar-refractivity contribution >= 4 is 5.97 Å². The fourth-order valence-electron chi connectivity index (χ4n) is 1.78. The monoisotopic (exact) mass is 274 g/mol. The van der Waals surface area contributed by atoms with Crippen molar-refractivity contribution in [1.29, 1.82) is 0 Å². The van der Waals surface area contributed by atoms with Crippen molar-refractivity contribution in [3.05, 3.63) is 48.5 Å². The van der Waals surface area contributed by atoms with E-state index in [0.717, 1.165) is 13.0 Å². The standard InChI is InChI=1S/C15H18N2O3/c1-2-19-15(18)13-5-3-6-14(11-13)20-10-4-8-17-9-7-16-12-17/h3,5-7,9,11-12H,2,4,8,10H2,1H3. The van der Waals surface area contributed by atoms with Gasteiger partial charge in [0.05, 0.1) is 25.1 Å². The Labute approximate surface area is 118 Å². The smallest absolute Gasteiger partial charge is 0.338 e. The largest absolute Gasteiger partial charge is 0.494 e. The molecular weight excluding hydrogens is 256 g/mol. The van der Waals surface area contributed by atoms with Gasteiger partial charge in [-0.15, -0.1) is 0 Å². The first kappa shape index (κ1) is 14.1. The van der Waals surface area contributed by atoms with Crippen LogP contribution < -0.4 is 4.74 Å². The highest BCUT2D eigenvalue weighted by Gasteiger charge is 2.07. The van der Waals surface area contributed by atoms with Crippen LogP contribution in [0.15, 0.2) is 43.0 Å². The summed E-state index contributed by atoms with van der Waals surface area (Å²) in [6, 6.07) is 7.04. The zero-order chi connectivity index (χ0) is 14.2. The van der Waals surface area contributed by atoms with E-state index >= 15 is 0 Å². The van der Waals surface area contributed by atoms with Crippen molar-refractivity contribution in [2.45, 2.75) is 19.9 Å². The highest BCUT2D eigenvalue weighted by molar-refractivity contribution is 5.89. The van der Waals surface area contributed by atoms with Crippen LogP contribution in [0, 0.1) is 0 Å². The molecule has 0 saturated carbocycles. The van der Waals surface area contributed by atoms with E-state index in [9.17, 15) is 4.79 Å². The second-order valence-corrected chi connectivity index (χ2v) is 4.25. The number of carbonyl (C=O) groups is 1. The third-order valence-electron chi connectivity index (χ3n) is 2.73. The molecule has 2 aromatic rings. The first-order valence-corrected chi connectivity index (χ1v) is 6.65. The molecule has 106 valence electrons. The number of aryl methyl sites for hydroxylation is 1. The van der Waals surface area contributed by atoms with Crippen molar-refractivity contribution in [2.24, 2.45) is 0 Å². The minimum Gasteiger partial charge on any atom is -0.494 e. The summed E-state index contributed by atoms with van der Waals surface area (Å²) in [5, 5.41) is 0. The number of esters is 1. The molecule has 1 aromatic heterocycles. The summed E-state index contributed by atoms with van der Waals surface area (Å²) >= 11 is 0. The molecule has 0 saturated heterocycles. The van der Waals surface area contributed by atoms with Crippen molar-refractivity contribution in [3.8, 4) is 5.75 Å². The van der Waals surface area contributed by atoms with E-state index in [4.69, 9.17) is 9.47 Å². The van der Waals surface area contributed by atoms with Gasteiger partial charge >= 0.3 is 5.97 Å². The topological polar surface area (TPSA) is 53.4 Å². The lowest BCUT2D eigenvalue weighted by molar-refractivity contribution is 0.0526. The molecule has 0 atom stereocenters. The van der Waals surface area contributed by atoms with Gasteiger partial charge in [-0.05, 0) is 31.5 Å². The summed E-state index contributed by atoms with van der Waals surface area (Å²) in [5.74, 6) is 0.359. The average Bonchev–Trinajstić information content (AvgIpc) is 2.97. The highest BCUT2D eigenvalue weighted by Crippen LogP contribution is 2.14. The maximum absolute atomic E-state index is 11.6. The number of hydrogen-bond acceptors (Lipinski definition) is 4. The number of imidazole rings is 1. The summed E-state index contributed by atoms with van der Waals surface area (Å²) in [5.41, 5.74) is 0.513. The van der Waals surface area contributed by atoms with Crippen molar-refractivity contribution in [2.75, 3.05) is 13.2 Å². The van der Waals surface area contributed by atoms with E-state index in [1.807, 2.05) is 16.8 Å². The van der Waals surface area contributed by atoms with Crippen molar-refractivity contribution < 1.29 is 14.3 Å². The van der Waals surface area contributed by atoms with Crippen molar-refractivity contribution in [3.63, 3.8) is 0 Å². The van der Waals surface area contributed by atoms with Crippen LogP contribution in [0.25, 0.3) is 0 Å². The van der Waals surface area contributed by atoms with Gasteiger partial charge in [0.25, 0.3) is 0 Å². The van der Waals surface area contributed by atoms with Gasteiger partial charge < -0.3 is 14.0 Å². The molecule has 0 aliphatic carbocycles. The molecule has 0 bridgehead atoms. The van der Waals surface area contributed by atoms with E-state index in [1.165, 1.54) is 0 Å². The van der Waals surface area contributed by atoms with Crippen LogP contribution >= 0.6 is 0 Å². The lowest BCUT2D eigenvalue weighted by Crippen LogP contribution is -2.06. The highest BCUT2D eigenvalue weighted by atomic mass is 16.5. The number of benzene rings is 1. The molecule has 1 aromatic carbocycles. The number of ether oxygens (including phenoxy) is 2. The Balaban J connectivity index is 1.80. The summed E-state index contributed by atoms with van der Waals surface area (Å²) in [4.78, 5) is 15.6. The molecule has 0 unspecified atom stereocenters. The lowest BCUT2D eigenvalue weighted by Gasteiger charge is -2.08. The quantitative estimate of drug-likeness (QED) is 0.575. The van der Waals surface area contributed by atoms with E-state index < -0.39 is 0 Å². The summed E-state index contributed by atoms with van der Waals surface area (Å²) in [6.45, 7) is 3.60. The van der Waals surface area contributed by atoms with Gasteiger partial charge in [0.1, 0.15) is 5.75 Å². The molecule has 0 radical (unpaired) electrons. The summed E-state index contributed by atoms with van der Waals surface area (Å²) in [7, 11) is 0. The van der Waals surface area contributed by atoms with E-state index in [1.54, 1.807) is 37.6 Å². The van der Waals surface area contributed by atoms with Gasteiger partial charge in [-0.25, -0.2) is 9.78 Å². The third-order valence-corrected chi connectivity index (χ3v) is 2.73. The number of carbonyl (C=O) groups excluding carboxylic acids is 1. The van der Waals surface area contributed by atoms with Gasteiger partial charge in [0.2, 0.25) is 0 Å². The van der Waals surface area contributed by atoms with Crippen LogP contribution in [0.5, 0.6) is 5.75 Å². The molecule has 5 nitrogen and oxygen atoms in total. The minimum absolute atomic E-state index is 0.323. The molecule has 0 aliphatic heterocycles. The molecular formula is C15H18N2O3. The first-order chi connectivity index (χ1) is 9.79. The van der Waals surface area contributed by atoms with E-state index in [-0.39, 0.29) is 5.97 Å². The van der Waals surface area contributed by atoms with E-state index in [2.05, 4.69) is 4.98 Å². The van der Waals surface area contributed by atoms with Gasteiger partial charge in [0.15, 0.2) is 0 Å². The predicted molar refractivity (Wildman–Crippen MR) is 74.7 cm³/mol. The first-order valence-electron chi connectivity index (χ1n) is 6.65. The number of hydrogen-bond donors (Lipinski definition) is 0. The molecule has 1 heterocycles. The zero-order valence-electron chi connectivity index (χ0n) is 11.5. The van der Waals surface area contributed by atoms with Crippen LogP contribution in [0.4, 0.5) is 0 Å². The maximum Gasteiger partial charge on any atom is 0.338 e. The van der Waals surface area contributed by atoms with Crippen LogP contribution in [0.3, 0.4) is 0 Å². The Hall–Kier alpha value is -2.30. The van der Waals surface area contributed by atoms with Crippen molar-refractivity contribution in [1.82, 2.24) is 9.55 Å². The number of rotatable bonds is 7. The molecule has 0 amide bonds. The van der Waals surface area contributed by atoms with Crippen LogP contribution in [0.2, 0.25) is 0 Å². The Morgan fingerprint density at radius 2 is 2.30 bits per heavy atom. The fourth-order valence-corrected chi connectivity index (χ4v) is 1.78. The molecule has 0 fully saturated rings. The Morgan fingerprint density at radius 1 is 1.40 bits per heavy atom. The summed E-state index contributed by atoms with van der Waals surface area (Å²) in [6.07, 6.45) is 6.33. The SMILES string of the molecule is CCOC(=O)c1cccc(OCCCn2ccnc2)c1. The van der Waals surface area contributed by atoms with Gasteiger partial charge in [-0.1, -0.05) is 6.07 Å². The van der Waals surface area contributed by atoms with Gasteiger partial charge in [-0.2, -0.15) is 0 Å². The van der Waals surface area contributed by atoms with Crippen LogP contribution in [0.1, 0.15) is 23.7 Å². The molecule has 20 heavy (non-hydrogen) atoms. The molecule has 0 spiro atoms. The normalized spacial score (nSPS) is 10.2. The fraction of sp³-hybridized carbons (Fsp3) is 0.333. The minimum atomic E-state index is -0.323. The summed E-state index contributed by atoms with van der Waals surface area (Å²) < 4.78 is 12.6. The maximum atomic E-state index is 11.6. The van der Waals surface area contributed by atoms with Gasteiger partial charge in [-0.3, -0.25) is 0 Å².